The summed E-state index contributed by atoms with van der Waals surface area (Å²) >= 11 is 16.7. The highest BCUT2D eigenvalue weighted by Gasteiger charge is 2.36. The maximum absolute atomic E-state index is 12.9. The summed E-state index contributed by atoms with van der Waals surface area (Å²) in [5.41, 5.74) is 1.13. The lowest BCUT2D eigenvalue weighted by Crippen LogP contribution is -2.48. The zero-order chi connectivity index (χ0) is 28.8. The van der Waals surface area contributed by atoms with E-state index < -0.39 is 11.7 Å². The van der Waals surface area contributed by atoms with Gasteiger partial charge < -0.3 is 19.3 Å². The van der Waals surface area contributed by atoms with Crippen LogP contribution < -0.4 is 4.74 Å². The first kappa shape index (κ1) is 29.1. The molecule has 0 aliphatic carbocycles. The Labute approximate surface area is 251 Å². The topological polar surface area (TPSA) is 109 Å². The van der Waals surface area contributed by atoms with Crippen LogP contribution in [0.2, 0.25) is 10.0 Å². The number of amides is 1. The molecule has 40 heavy (non-hydrogen) atoms. The normalized spacial score (nSPS) is 22.1. The molecule has 3 atom stereocenters. The third-order valence-electron chi connectivity index (χ3n) is 7.57. The summed E-state index contributed by atoms with van der Waals surface area (Å²) in [7, 11) is 2.10. The van der Waals surface area contributed by atoms with Crippen LogP contribution in [0.25, 0.3) is 21.9 Å². The number of piperidine rings is 1. The number of nitriles is 1. The summed E-state index contributed by atoms with van der Waals surface area (Å²) < 4.78 is 14.3. The Bertz CT molecular complexity index is 1490. The van der Waals surface area contributed by atoms with E-state index in [1.54, 1.807) is 11.0 Å². The first-order valence-electron chi connectivity index (χ1n) is 13.4. The molecule has 214 valence electrons. The number of carbonyl (C=O) groups is 1. The van der Waals surface area contributed by atoms with Crippen LogP contribution in [-0.2, 0) is 4.74 Å². The van der Waals surface area contributed by atoms with Gasteiger partial charge in [-0.1, -0.05) is 28.4 Å². The van der Waals surface area contributed by atoms with Crippen molar-refractivity contribution in [2.75, 3.05) is 26.7 Å². The van der Waals surface area contributed by atoms with Crippen molar-refractivity contribution >= 4 is 67.2 Å². The number of rotatable bonds is 5. The van der Waals surface area contributed by atoms with Crippen molar-refractivity contribution in [1.82, 2.24) is 29.8 Å². The molecule has 0 bridgehead atoms. The third-order valence-corrected chi connectivity index (χ3v) is 9.52. The molecule has 0 saturated carbocycles. The zero-order valence-corrected chi connectivity index (χ0v) is 26.1. The third kappa shape index (κ3) is 5.69. The van der Waals surface area contributed by atoms with Gasteiger partial charge in [0.1, 0.15) is 17.7 Å². The van der Waals surface area contributed by atoms with Crippen molar-refractivity contribution in [3.8, 4) is 11.9 Å². The van der Waals surface area contributed by atoms with Gasteiger partial charge in [0.05, 0.1) is 44.6 Å². The van der Waals surface area contributed by atoms with Crippen molar-refractivity contribution in [2.45, 2.75) is 76.6 Å². The van der Waals surface area contributed by atoms with E-state index in [9.17, 15) is 10.1 Å². The molecular weight excluding hydrogens is 621 g/mol. The molecule has 0 radical (unpaired) electrons. The van der Waals surface area contributed by atoms with Gasteiger partial charge in [0.25, 0.3) is 0 Å². The van der Waals surface area contributed by atoms with Crippen LogP contribution in [0, 0.1) is 11.3 Å². The Balaban J connectivity index is 1.55. The standard InChI is InChI=1S/C27H32BrCl2N7O3/c1-27(2,3)40-26(38)36-11-8-16(12-15(36)7-9-31)37-24-18-13-19(29)20(28)21(30)22(18)32-25(23(24)33-34-37)39-14-17-6-5-10-35(17)4/h13,15-17H,5-8,10-12,14H2,1-4H3/t15-,16+,17+/m1/s1. The van der Waals surface area contributed by atoms with Crippen molar-refractivity contribution in [2.24, 2.45) is 0 Å². The van der Waals surface area contributed by atoms with Crippen LogP contribution in [0.4, 0.5) is 4.79 Å². The van der Waals surface area contributed by atoms with Crippen LogP contribution in [0.1, 0.15) is 58.9 Å². The molecule has 2 saturated heterocycles. The van der Waals surface area contributed by atoms with E-state index in [1.165, 1.54) is 0 Å². The first-order valence-corrected chi connectivity index (χ1v) is 14.9. The average molecular weight is 653 g/mol. The van der Waals surface area contributed by atoms with Crippen LogP contribution in [0.3, 0.4) is 0 Å². The fourth-order valence-electron chi connectivity index (χ4n) is 5.55. The molecule has 5 rings (SSSR count). The number of benzene rings is 1. The fourth-order valence-corrected chi connectivity index (χ4v) is 6.35. The van der Waals surface area contributed by atoms with Crippen molar-refractivity contribution in [1.29, 1.82) is 5.26 Å². The SMILES string of the molecule is CN1CCC[C@H]1COc1nc2c(Cl)c(Br)c(Cl)cc2c2c1nnn2[C@H]1CCN(C(=O)OC(C)(C)C)[C@H](CC#N)C1. The lowest BCUT2D eigenvalue weighted by Gasteiger charge is -2.39. The average Bonchev–Trinajstić information content (AvgIpc) is 3.52. The minimum absolute atomic E-state index is 0.136. The Hall–Kier alpha value is -2.39. The molecule has 2 aliphatic rings. The number of nitrogens with zero attached hydrogens (tertiary/aromatic N) is 7. The fraction of sp³-hybridized carbons (Fsp3) is 0.593. The van der Waals surface area contributed by atoms with Gasteiger partial charge in [0, 0.05) is 18.0 Å². The Morgan fingerprint density at radius 3 is 2.67 bits per heavy atom. The van der Waals surface area contributed by atoms with Gasteiger partial charge in [-0.05, 0) is 82.0 Å². The van der Waals surface area contributed by atoms with Crippen LogP contribution in [0.15, 0.2) is 10.5 Å². The van der Waals surface area contributed by atoms with E-state index in [1.807, 2.05) is 25.5 Å². The predicted molar refractivity (Wildman–Crippen MR) is 157 cm³/mol. The molecule has 2 aromatic heterocycles. The van der Waals surface area contributed by atoms with Crippen LogP contribution in [-0.4, -0.2) is 80.3 Å². The summed E-state index contributed by atoms with van der Waals surface area (Å²) in [5.74, 6) is 0.366. The Morgan fingerprint density at radius 2 is 2.00 bits per heavy atom. The van der Waals surface area contributed by atoms with Gasteiger partial charge in [-0.2, -0.15) is 5.26 Å². The molecule has 4 heterocycles. The van der Waals surface area contributed by atoms with Crippen LogP contribution in [0.5, 0.6) is 5.88 Å². The smallest absolute Gasteiger partial charge is 0.410 e. The number of hydrogen-bond donors (Lipinski definition) is 0. The molecule has 2 aliphatic heterocycles. The molecule has 0 unspecified atom stereocenters. The van der Waals surface area contributed by atoms with Gasteiger partial charge in [-0.15, -0.1) is 5.10 Å². The van der Waals surface area contributed by atoms with E-state index in [2.05, 4.69) is 44.3 Å². The van der Waals surface area contributed by atoms with Crippen molar-refractivity contribution in [3.05, 3.63) is 20.6 Å². The number of carbonyl (C=O) groups excluding carboxylic acids is 1. The number of halogens is 3. The van der Waals surface area contributed by atoms with Gasteiger partial charge in [0.2, 0.25) is 5.88 Å². The molecule has 0 N–H and O–H groups in total. The second kappa shape index (κ2) is 11.5. The molecule has 1 amide bonds. The van der Waals surface area contributed by atoms with Gasteiger partial charge in [-0.25, -0.2) is 14.5 Å². The van der Waals surface area contributed by atoms with E-state index >= 15 is 0 Å². The lowest BCUT2D eigenvalue weighted by molar-refractivity contribution is 0.00557. The Morgan fingerprint density at radius 1 is 1.23 bits per heavy atom. The number of likely N-dealkylation sites (N-methyl/N-ethyl adjacent to an activating group) is 1. The quantitative estimate of drug-likeness (QED) is 0.292. The summed E-state index contributed by atoms with van der Waals surface area (Å²) in [6.07, 6.45) is 3.06. The predicted octanol–water partition coefficient (Wildman–Crippen LogP) is 6.38. The van der Waals surface area contributed by atoms with Crippen molar-refractivity contribution < 1.29 is 14.3 Å². The maximum atomic E-state index is 12.9. The van der Waals surface area contributed by atoms with Gasteiger partial charge >= 0.3 is 6.09 Å². The summed E-state index contributed by atoms with van der Waals surface area (Å²) in [6.45, 7) is 7.42. The number of pyridine rings is 1. The molecule has 13 heteroatoms. The number of ether oxygens (including phenoxy) is 2. The summed E-state index contributed by atoms with van der Waals surface area (Å²) in [5, 5.41) is 20.1. The minimum atomic E-state index is -0.629. The number of hydrogen-bond acceptors (Lipinski definition) is 8. The molecule has 2 fully saturated rings. The second-order valence-electron chi connectivity index (χ2n) is 11.5. The maximum Gasteiger partial charge on any atom is 0.410 e. The highest BCUT2D eigenvalue weighted by Crippen LogP contribution is 2.42. The number of likely N-dealkylation sites (tertiary alicyclic amines) is 2. The number of aromatic nitrogens is 4. The van der Waals surface area contributed by atoms with Gasteiger partial charge in [-0.3, -0.25) is 0 Å². The van der Waals surface area contributed by atoms with E-state index in [0.29, 0.717) is 74.4 Å². The van der Waals surface area contributed by atoms with E-state index in [-0.39, 0.29) is 18.5 Å². The second-order valence-corrected chi connectivity index (χ2v) is 13.1. The highest BCUT2D eigenvalue weighted by molar-refractivity contribution is 9.10. The lowest BCUT2D eigenvalue weighted by atomic mass is 9.95. The monoisotopic (exact) mass is 651 g/mol. The zero-order valence-electron chi connectivity index (χ0n) is 23.0. The molecule has 3 aromatic rings. The molecule has 10 nitrogen and oxygen atoms in total. The van der Waals surface area contributed by atoms with Crippen molar-refractivity contribution in [3.63, 3.8) is 0 Å². The molecule has 0 spiro atoms. The molecular formula is C27H32BrCl2N7O3. The Kier molecular flexibility index (Phi) is 8.35. The summed E-state index contributed by atoms with van der Waals surface area (Å²) in [4.78, 5) is 21.6. The van der Waals surface area contributed by atoms with E-state index in [0.717, 1.165) is 19.4 Å². The number of fused-ring (bicyclic) bond motifs is 3. The largest absolute Gasteiger partial charge is 0.474 e. The summed E-state index contributed by atoms with van der Waals surface area (Å²) in [6, 6.07) is 3.85. The highest BCUT2D eigenvalue weighted by atomic mass is 79.9. The minimum Gasteiger partial charge on any atom is -0.474 e. The van der Waals surface area contributed by atoms with Crippen LogP contribution >= 0.6 is 39.1 Å². The van der Waals surface area contributed by atoms with Gasteiger partial charge in [0.15, 0.2) is 5.52 Å². The first-order chi connectivity index (χ1) is 19.0. The molecule has 1 aromatic carbocycles. The van der Waals surface area contributed by atoms with E-state index in [4.69, 9.17) is 37.7 Å².